The van der Waals surface area contributed by atoms with E-state index in [2.05, 4.69) is 20.9 Å². The molecule has 0 saturated carbocycles. The number of carbonyl (C=O) groups excluding carboxylic acids is 2. The van der Waals surface area contributed by atoms with Crippen molar-refractivity contribution < 1.29 is 14.0 Å². The summed E-state index contributed by atoms with van der Waals surface area (Å²) in [4.78, 5) is 44.5. The lowest BCUT2D eigenvalue weighted by Gasteiger charge is -2.19. The topological polar surface area (TPSA) is 108 Å². The Morgan fingerprint density at radius 3 is 2.36 bits per heavy atom. The fourth-order valence-corrected chi connectivity index (χ4v) is 4.46. The molecule has 2 aromatic carbocycles. The minimum absolute atomic E-state index is 0.0108. The molecular weight excluding hydrogens is 523 g/mol. The van der Waals surface area contributed by atoms with Gasteiger partial charge in [-0.3, -0.25) is 10.1 Å². The van der Waals surface area contributed by atoms with Gasteiger partial charge < -0.3 is 20.1 Å². The fourth-order valence-electron chi connectivity index (χ4n) is 4.20. The van der Waals surface area contributed by atoms with E-state index in [0.29, 0.717) is 42.0 Å². The van der Waals surface area contributed by atoms with Crippen LogP contribution in [0.3, 0.4) is 0 Å². The molecule has 0 aliphatic heterocycles. The van der Waals surface area contributed by atoms with Gasteiger partial charge >= 0.3 is 12.1 Å². The van der Waals surface area contributed by atoms with Gasteiger partial charge in [-0.05, 0) is 51.1 Å². The first-order valence-electron chi connectivity index (χ1n) is 12.5. The van der Waals surface area contributed by atoms with Crippen LogP contribution in [-0.2, 0) is 6.54 Å². The Labute approximate surface area is 229 Å². The molecule has 2 aromatic heterocycles. The molecule has 202 valence electrons. The first-order chi connectivity index (χ1) is 18.7. The van der Waals surface area contributed by atoms with E-state index in [-0.39, 0.29) is 33.4 Å². The SMILES string of the molecule is CCN(CC)C(=O)Nc1cc2c(cn1)cc(-c1cc(NC(=O)Nc3ccccc3)c(F)cc1Cl)c(=O)n2CC. The molecule has 0 atom stereocenters. The Balaban J connectivity index is 1.71. The average Bonchev–Trinajstić information content (AvgIpc) is 2.91. The van der Waals surface area contributed by atoms with Gasteiger partial charge in [0.25, 0.3) is 5.56 Å². The second-order valence-electron chi connectivity index (χ2n) is 8.60. The van der Waals surface area contributed by atoms with Crippen molar-refractivity contribution >= 4 is 51.8 Å². The lowest BCUT2D eigenvalue weighted by molar-refractivity contribution is 0.217. The summed E-state index contributed by atoms with van der Waals surface area (Å²) >= 11 is 6.38. The number of hydrogen-bond donors (Lipinski definition) is 3. The van der Waals surface area contributed by atoms with Crippen LogP contribution in [0.4, 0.5) is 31.2 Å². The molecule has 0 fully saturated rings. The molecule has 0 aliphatic rings. The average molecular weight is 551 g/mol. The molecule has 0 aliphatic carbocycles. The number of pyridine rings is 2. The molecule has 4 amide bonds. The van der Waals surface area contributed by atoms with Crippen LogP contribution in [0.2, 0.25) is 5.02 Å². The number of aryl methyl sites for hydroxylation is 1. The van der Waals surface area contributed by atoms with Gasteiger partial charge in [-0.15, -0.1) is 0 Å². The van der Waals surface area contributed by atoms with Gasteiger partial charge in [-0.1, -0.05) is 29.8 Å². The van der Waals surface area contributed by atoms with Crippen LogP contribution in [0, 0.1) is 5.82 Å². The lowest BCUT2D eigenvalue weighted by atomic mass is 10.0. The Bertz CT molecular complexity index is 1590. The zero-order chi connectivity index (χ0) is 28.1. The Morgan fingerprint density at radius 2 is 1.69 bits per heavy atom. The van der Waals surface area contributed by atoms with E-state index in [1.54, 1.807) is 53.6 Å². The molecule has 9 nitrogen and oxygen atoms in total. The highest BCUT2D eigenvalue weighted by molar-refractivity contribution is 6.33. The van der Waals surface area contributed by atoms with Crippen LogP contribution in [0.15, 0.2) is 65.6 Å². The summed E-state index contributed by atoms with van der Waals surface area (Å²) in [6.45, 7) is 6.98. The fraction of sp³-hybridized carbons (Fsp3) is 0.214. The number of rotatable bonds is 7. The number of benzene rings is 2. The lowest BCUT2D eigenvalue weighted by Crippen LogP contribution is -2.34. The number of hydrogen-bond acceptors (Lipinski definition) is 4. The highest BCUT2D eigenvalue weighted by Gasteiger charge is 2.18. The Morgan fingerprint density at radius 1 is 0.974 bits per heavy atom. The molecule has 4 rings (SSSR count). The molecule has 39 heavy (non-hydrogen) atoms. The molecule has 0 saturated heterocycles. The molecule has 3 N–H and O–H groups in total. The maximum absolute atomic E-state index is 14.7. The minimum atomic E-state index is -0.751. The molecule has 2 heterocycles. The molecule has 4 aromatic rings. The standard InChI is InChI=1S/C28H28ClFN6O3/c1-4-35(5-2)28(39)34-25-15-24-17(16-31-25)12-20(26(37)36(24)6-3)19-13-23(22(30)14-21(19)29)33-27(38)32-18-10-8-7-9-11-18/h7-16H,4-6H2,1-3H3,(H,31,34,39)(H2,32,33,38). The summed E-state index contributed by atoms with van der Waals surface area (Å²) in [5.74, 6) is -0.441. The summed E-state index contributed by atoms with van der Waals surface area (Å²) in [6, 6.07) is 13.4. The normalized spacial score (nSPS) is 10.8. The predicted octanol–water partition coefficient (Wildman–Crippen LogP) is 6.39. The molecule has 0 radical (unpaired) electrons. The number of fused-ring (bicyclic) bond motifs is 1. The van der Waals surface area contributed by atoms with Crippen LogP contribution >= 0.6 is 11.6 Å². The third-order valence-electron chi connectivity index (χ3n) is 6.21. The zero-order valence-electron chi connectivity index (χ0n) is 21.7. The van der Waals surface area contributed by atoms with E-state index >= 15 is 0 Å². The van der Waals surface area contributed by atoms with Crippen molar-refractivity contribution in [3.05, 3.63) is 82.0 Å². The van der Waals surface area contributed by atoms with Crippen LogP contribution < -0.4 is 21.5 Å². The number of para-hydroxylation sites is 1. The van der Waals surface area contributed by atoms with Crippen molar-refractivity contribution in [3.63, 3.8) is 0 Å². The number of carbonyl (C=O) groups is 2. The minimum Gasteiger partial charge on any atom is -0.325 e. The second kappa shape index (κ2) is 12.0. The van der Waals surface area contributed by atoms with Crippen molar-refractivity contribution in [2.24, 2.45) is 0 Å². The van der Waals surface area contributed by atoms with E-state index in [4.69, 9.17) is 11.6 Å². The van der Waals surface area contributed by atoms with Gasteiger partial charge in [-0.2, -0.15) is 0 Å². The van der Waals surface area contributed by atoms with Gasteiger partial charge in [0.1, 0.15) is 11.6 Å². The Hall–Kier alpha value is -4.44. The van der Waals surface area contributed by atoms with E-state index in [9.17, 15) is 18.8 Å². The first-order valence-corrected chi connectivity index (χ1v) is 12.8. The third-order valence-corrected chi connectivity index (χ3v) is 6.52. The largest absolute Gasteiger partial charge is 0.325 e. The number of nitrogens with one attached hydrogen (secondary N) is 3. The van der Waals surface area contributed by atoms with E-state index in [0.717, 1.165) is 6.07 Å². The highest BCUT2D eigenvalue weighted by atomic mass is 35.5. The third kappa shape index (κ3) is 6.01. The molecule has 0 unspecified atom stereocenters. The number of halogens is 2. The van der Waals surface area contributed by atoms with E-state index in [1.165, 1.54) is 10.6 Å². The summed E-state index contributed by atoms with van der Waals surface area (Å²) in [5.41, 5.74) is 1.05. The van der Waals surface area contributed by atoms with Crippen LogP contribution in [-0.4, -0.2) is 39.6 Å². The quantitative estimate of drug-likeness (QED) is 0.247. The van der Waals surface area contributed by atoms with Crippen LogP contribution in [0.25, 0.3) is 22.0 Å². The molecule has 0 bridgehead atoms. The van der Waals surface area contributed by atoms with Crippen molar-refractivity contribution in [1.29, 1.82) is 0 Å². The molecule has 11 heteroatoms. The van der Waals surface area contributed by atoms with E-state index < -0.39 is 11.8 Å². The van der Waals surface area contributed by atoms with Gasteiger partial charge in [0.05, 0.1) is 16.2 Å². The molecular formula is C28H28ClFN6O3. The van der Waals surface area contributed by atoms with Crippen molar-refractivity contribution in [3.8, 4) is 11.1 Å². The predicted molar refractivity (Wildman–Crippen MR) is 153 cm³/mol. The molecule has 0 spiro atoms. The smallest absolute Gasteiger partial charge is 0.323 e. The number of amides is 4. The van der Waals surface area contributed by atoms with Crippen LogP contribution in [0.5, 0.6) is 0 Å². The van der Waals surface area contributed by atoms with Crippen molar-refractivity contribution in [2.75, 3.05) is 29.0 Å². The number of urea groups is 2. The van der Waals surface area contributed by atoms with Gasteiger partial charge in [0.15, 0.2) is 0 Å². The monoisotopic (exact) mass is 550 g/mol. The van der Waals surface area contributed by atoms with Gasteiger partial charge in [-0.25, -0.2) is 19.0 Å². The first kappa shape index (κ1) is 27.6. The van der Waals surface area contributed by atoms with Crippen molar-refractivity contribution in [2.45, 2.75) is 27.3 Å². The van der Waals surface area contributed by atoms with Crippen LogP contribution in [0.1, 0.15) is 20.8 Å². The number of anilines is 3. The Kier molecular flexibility index (Phi) is 8.46. The van der Waals surface area contributed by atoms with Crippen molar-refractivity contribution in [1.82, 2.24) is 14.5 Å². The summed E-state index contributed by atoms with van der Waals surface area (Å²) in [7, 11) is 0. The van der Waals surface area contributed by atoms with Gasteiger partial charge in [0, 0.05) is 54.1 Å². The summed E-state index contributed by atoms with van der Waals surface area (Å²) < 4.78 is 16.3. The maximum Gasteiger partial charge on any atom is 0.323 e. The highest BCUT2D eigenvalue weighted by Crippen LogP contribution is 2.33. The van der Waals surface area contributed by atoms with E-state index in [1.807, 2.05) is 20.8 Å². The van der Waals surface area contributed by atoms with Gasteiger partial charge in [0.2, 0.25) is 0 Å². The number of nitrogens with zero attached hydrogens (tertiary/aromatic N) is 3. The number of aromatic nitrogens is 2. The summed E-state index contributed by atoms with van der Waals surface area (Å²) in [5, 5.41) is 8.49. The second-order valence-corrected chi connectivity index (χ2v) is 9.00. The zero-order valence-corrected chi connectivity index (χ0v) is 22.5. The summed E-state index contributed by atoms with van der Waals surface area (Å²) in [6.07, 6.45) is 1.55. The maximum atomic E-state index is 14.7.